The molecular formula is C88H138O37. The standard InChI is InChI=1S/C88H138O37/c1-15-83(10,108)25-17-19-40(3)71(105)110-38-50-58(97)68(120-72(106)41(4)20-18-26-84(11,109)16-2)70(124-76-64(103)60(99)66(42(5)116-76)121-75-65(104)67(48(92)37-113-75)122-73-61(100)54(93)45(89)34-111-73)79(118-50)125-80(107)88-31-29-81(6,7)33-44(88)43-21-22-52-85(12)27-24-53(82(8,9)51(85)23-28-87(52,14)86(43,13)30-32-88)119-77-63(102)59(98)57(96)49(117-77)39-115-78-69(56(95)47(91)36-114-78)123-74-62(101)55(94)46(90)35-112-74/h15-16,19-21,42,44-70,73-79,89-104,108-109H,1-2,17-18,22-39H2,3-14H3/b40-19+,41-20+/t42-,44-,45+,46+,47-,48+,49+,50+,51?,52+,53-,54-,55-,56-,57+,58+,59-,60-,61+,62+,63+,64+,65+,66-,67-,68-,69+,70+,73-,74-,75-,76-,77-,78-,79-,83-,84-,85-,86+,87+,88-/m0/s1. The molecule has 11 fully saturated rings. The van der Waals surface area contributed by atoms with E-state index in [-0.39, 0.29) is 59.5 Å². The number of ether oxygens (including phenoxy) is 16. The summed E-state index contributed by atoms with van der Waals surface area (Å²) in [6, 6.07) is 0. The highest BCUT2D eigenvalue weighted by atomic mass is 16.8. The third kappa shape index (κ3) is 20.2. The van der Waals surface area contributed by atoms with Gasteiger partial charge in [-0.25, -0.2) is 9.59 Å². The molecule has 0 spiro atoms. The van der Waals surface area contributed by atoms with Gasteiger partial charge in [-0.15, -0.1) is 13.2 Å². The zero-order valence-electron chi connectivity index (χ0n) is 73.5. The second kappa shape index (κ2) is 39.2. The van der Waals surface area contributed by atoms with Gasteiger partial charge in [-0.3, -0.25) is 4.79 Å². The molecule has 12 aliphatic rings. The highest BCUT2D eigenvalue weighted by molar-refractivity contribution is 5.88. The summed E-state index contributed by atoms with van der Waals surface area (Å²) >= 11 is 0. The lowest BCUT2D eigenvalue weighted by atomic mass is 9.33. The van der Waals surface area contributed by atoms with Crippen molar-refractivity contribution >= 4 is 17.9 Å². The molecule has 0 radical (unpaired) electrons. The third-order valence-corrected chi connectivity index (χ3v) is 30.3. The molecule has 12 rings (SSSR count). The lowest BCUT2D eigenvalue weighted by molar-refractivity contribution is -0.379. The summed E-state index contributed by atoms with van der Waals surface area (Å²) in [4.78, 5) is 45.2. The number of hydrogen-bond acceptors (Lipinski definition) is 37. The topological polar surface area (TPSA) is 563 Å². The Hall–Kier alpha value is -4.13. The number of esters is 3. The van der Waals surface area contributed by atoms with E-state index in [1.807, 2.05) is 0 Å². The molecule has 0 bridgehead atoms. The normalized spacial score (nSPS) is 47.4. The SMILES string of the molecule is C=C[C@](C)(O)CC/C=C(\C)C(=O)OC[C@H]1O[C@@H](OC(=O)[C@]23CCC(C)(C)C[C@H]2C2=CC[C@@H]4[C@@]5(C)CC[C@H](O[C@@H]6O[C@H](CO[C@@H]7OC[C@H](O)[C@H](O)[C@H]7O[C@@H]7OC[C@@H](O)[C@H](O)[C@H]7O)[C@@H](O)[C@H](O)[C@H]6O)C(C)(C)C5CC[C@@]4(C)[C@]2(C)CC3)[C@H](O[C@@H]2O[C@@H](C)[C@H](O[C@@H]3OC[C@@H](O)[C@H](O[C@@H]4OC[C@@H](O)[C@H](O)[C@H]4O)[C@H]3O)[C@@H](O)[C@H]2O)[C@@H](OC(=O)/C(C)=C/CC[C@@](C)(O)C=C)[C@@H]1O. The molecule has 0 aromatic heterocycles. The maximum atomic E-state index is 16.5. The first kappa shape index (κ1) is 99.9. The van der Waals surface area contributed by atoms with Gasteiger partial charge >= 0.3 is 17.9 Å². The minimum atomic E-state index is -2.15. The summed E-state index contributed by atoms with van der Waals surface area (Å²) in [5, 5.41) is 199. The molecule has 125 heavy (non-hydrogen) atoms. The summed E-state index contributed by atoms with van der Waals surface area (Å²) in [5.74, 6) is -3.05. The van der Waals surface area contributed by atoms with Gasteiger partial charge in [0, 0.05) is 11.1 Å². The zero-order chi connectivity index (χ0) is 91.7. The Morgan fingerprint density at radius 2 is 0.984 bits per heavy atom. The van der Waals surface area contributed by atoms with Crippen molar-refractivity contribution in [3.05, 3.63) is 60.3 Å². The Balaban J connectivity index is 0.807. The van der Waals surface area contributed by atoms with Crippen LogP contribution in [0.25, 0.3) is 0 Å². The van der Waals surface area contributed by atoms with E-state index in [0.29, 0.717) is 51.4 Å². The molecule has 37 nitrogen and oxygen atoms in total. The molecule has 7 aliphatic heterocycles. The van der Waals surface area contributed by atoms with Gasteiger partial charge in [-0.05, 0) is 169 Å². The molecular weight excluding hydrogens is 1650 g/mol. The fraction of sp³-hybridized carbons (Fsp3) is 0.852. The van der Waals surface area contributed by atoms with E-state index in [4.69, 9.17) is 75.8 Å². The Labute approximate surface area is 728 Å². The van der Waals surface area contributed by atoms with Crippen molar-refractivity contribution in [2.24, 2.45) is 50.2 Å². The number of rotatable bonds is 28. The van der Waals surface area contributed by atoms with Crippen molar-refractivity contribution in [1.29, 1.82) is 0 Å². The first-order valence-corrected chi connectivity index (χ1v) is 44.1. The van der Waals surface area contributed by atoms with Crippen LogP contribution in [0.1, 0.15) is 173 Å². The molecule has 0 aromatic rings. The van der Waals surface area contributed by atoms with E-state index >= 15 is 4.79 Å². The van der Waals surface area contributed by atoms with Gasteiger partial charge in [0.2, 0.25) is 6.29 Å². The van der Waals surface area contributed by atoms with Gasteiger partial charge in [-0.1, -0.05) is 84.4 Å². The maximum Gasteiger partial charge on any atom is 0.333 e. The zero-order valence-corrected chi connectivity index (χ0v) is 73.5. The number of carbonyl (C=O) groups excluding carboxylic acids is 3. The molecule has 4 saturated carbocycles. The van der Waals surface area contributed by atoms with Crippen molar-refractivity contribution < 1.29 is 182 Å². The van der Waals surface area contributed by atoms with Gasteiger partial charge < -0.3 is 168 Å². The number of fused-ring (bicyclic) bond motifs is 7. The minimum absolute atomic E-state index is 0.00231. The Morgan fingerprint density at radius 3 is 1.59 bits per heavy atom. The van der Waals surface area contributed by atoms with E-state index in [9.17, 15) is 102 Å². The monoisotopic (exact) mass is 1790 g/mol. The average Bonchev–Trinajstić information content (AvgIpc) is 0.673. The second-order valence-corrected chi connectivity index (χ2v) is 39.7. The molecule has 18 N–H and O–H groups in total. The van der Waals surface area contributed by atoms with Gasteiger partial charge in [0.1, 0.15) is 135 Å². The van der Waals surface area contributed by atoms with Crippen LogP contribution in [0.3, 0.4) is 0 Å². The van der Waals surface area contributed by atoms with Crippen LogP contribution in [0.4, 0.5) is 0 Å². The summed E-state index contributed by atoms with van der Waals surface area (Å²) in [6.07, 6.45) is -39.6. The smallest absolute Gasteiger partial charge is 0.333 e. The quantitative estimate of drug-likeness (QED) is 0.0154. The fourth-order valence-electron chi connectivity index (χ4n) is 21.8. The molecule has 712 valence electrons. The van der Waals surface area contributed by atoms with Crippen LogP contribution in [0.2, 0.25) is 0 Å². The summed E-state index contributed by atoms with van der Waals surface area (Å²) in [6.45, 7) is 27.2. The summed E-state index contributed by atoms with van der Waals surface area (Å²) < 4.78 is 97.5. The highest BCUT2D eigenvalue weighted by Gasteiger charge is 2.71. The van der Waals surface area contributed by atoms with Crippen LogP contribution in [0, 0.1) is 50.2 Å². The van der Waals surface area contributed by atoms with Crippen molar-refractivity contribution in [2.45, 2.75) is 381 Å². The second-order valence-electron chi connectivity index (χ2n) is 39.7. The van der Waals surface area contributed by atoms with E-state index in [2.05, 4.69) is 67.7 Å². The number of hydrogen-bond donors (Lipinski definition) is 18. The number of allylic oxidation sites excluding steroid dienone is 4. The van der Waals surface area contributed by atoms with Gasteiger partial charge in [-0.2, -0.15) is 0 Å². The minimum Gasteiger partial charge on any atom is -0.459 e. The van der Waals surface area contributed by atoms with Gasteiger partial charge in [0.25, 0.3) is 0 Å². The molecule has 0 amide bonds. The lowest BCUT2D eigenvalue weighted by Crippen LogP contribution is -2.67. The van der Waals surface area contributed by atoms with Crippen LogP contribution < -0.4 is 0 Å². The molecule has 1 unspecified atom stereocenters. The molecule has 41 atom stereocenters. The molecule has 7 saturated heterocycles. The Kier molecular flexibility index (Phi) is 31.3. The fourth-order valence-corrected chi connectivity index (χ4v) is 21.8. The van der Waals surface area contributed by atoms with E-state index < -0.39 is 293 Å². The predicted molar refractivity (Wildman–Crippen MR) is 431 cm³/mol. The number of carbonyl (C=O) groups is 3. The van der Waals surface area contributed by atoms with Gasteiger partial charge in [0.15, 0.2) is 49.9 Å². The van der Waals surface area contributed by atoms with Crippen molar-refractivity contribution in [3.8, 4) is 0 Å². The molecule has 5 aliphatic carbocycles. The van der Waals surface area contributed by atoms with Crippen molar-refractivity contribution in [3.63, 3.8) is 0 Å². The number of aliphatic hydroxyl groups excluding tert-OH is 16. The number of aliphatic hydroxyl groups is 18. The lowest BCUT2D eigenvalue weighted by Gasteiger charge is -2.71. The summed E-state index contributed by atoms with van der Waals surface area (Å²) in [7, 11) is 0. The van der Waals surface area contributed by atoms with Crippen LogP contribution in [-0.4, -0.2) is 357 Å². The van der Waals surface area contributed by atoms with E-state index in [1.165, 1.54) is 45.9 Å². The third-order valence-electron chi connectivity index (χ3n) is 30.3. The van der Waals surface area contributed by atoms with Crippen LogP contribution in [-0.2, 0) is 90.2 Å². The Morgan fingerprint density at radius 1 is 0.480 bits per heavy atom. The van der Waals surface area contributed by atoms with Crippen molar-refractivity contribution in [1.82, 2.24) is 0 Å². The maximum absolute atomic E-state index is 16.5. The van der Waals surface area contributed by atoms with Crippen LogP contribution in [0.15, 0.2) is 60.3 Å². The molecule has 37 heteroatoms. The predicted octanol–water partition coefficient (Wildman–Crippen LogP) is -0.550. The van der Waals surface area contributed by atoms with E-state index in [1.54, 1.807) is 13.0 Å². The van der Waals surface area contributed by atoms with Crippen molar-refractivity contribution in [2.75, 3.05) is 39.6 Å². The van der Waals surface area contributed by atoms with Gasteiger partial charge in [0.05, 0.1) is 61.9 Å². The molecule has 7 heterocycles. The van der Waals surface area contributed by atoms with Crippen LogP contribution >= 0.6 is 0 Å². The largest absolute Gasteiger partial charge is 0.459 e. The highest BCUT2D eigenvalue weighted by Crippen LogP contribution is 2.76. The first-order valence-electron chi connectivity index (χ1n) is 44.1. The Bertz CT molecular complexity index is 3800. The van der Waals surface area contributed by atoms with E-state index in [0.717, 1.165) is 18.4 Å². The average molecular weight is 1790 g/mol. The van der Waals surface area contributed by atoms with Crippen LogP contribution in [0.5, 0.6) is 0 Å². The molecule has 0 aromatic carbocycles. The summed E-state index contributed by atoms with van der Waals surface area (Å²) in [5.41, 5.74) is -4.94. The first-order chi connectivity index (χ1) is 58.5.